The lowest BCUT2D eigenvalue weighted by Gasteiger charge is -2.24. The van der Waals surface area contributed by atoms with Crippen molar-refractivity contribution in [2.45, 2.75) is 12.5 Å². The largest absolute Gasteiger partial charge is 0.382 e. The molecule has 1 saturated heterocycles. The summed E-state index contributed by atoms with van der Waals surface area (Å²) in [6.45, 7) is 0. The van der Waals surface area contributed by atoms with Crippen LogP contribution < -0.4 is 5.32 Å². The van der Waals surface area contributed by atoms with E-state index in [1.807, 2.05) is 11.8 Å². The number of thioether (sulfide) groups is 1. The molecule has 1 fully saturated rings. The summed E-state index contributed by atoms with van der Waals surface area (Å²) in [5, 5.41) is 13.8. The molecule has 0 radical (unpaired) electrons. The van der Waals surface area contributed by atoms with Crippen molar-refractivity contribution >= 4 is 29.0 Å². The van der Waals surface area contributed by atoms with Crippen molar-refractivity contribution in [1.82, 2.24) is 4.90 Å². The van der Waals surface area contributed by atoms with Gasteiger partial charge in [-0.25, -0.2) is 0 Å². The maximum absolute atomic E-state index is 12.5. The van der Waals surface area contributed by atoms with Crippen molar-refractivity contribution in [3.8, 4) is 0 Å². The molecule has 0 spiro atoms. The Bertz CT molecular complexity index is 530. The summed E-state index contributed by atoms with van der Waals surface area (Å²) in [5.74, 6) is 1.80. The molecule has 2 rings (SSSR count). The lowest BCUT2D eigenvalue weighted by atomic mass is 10.1. The van der Waals surface area contributed by atoms with E-state index in [1.54, 1.807) is 31.1 Å². The van der Waals surface area contributed by atoms with Crippen LogP contribution >= 0.6 is 11.8 Å². The monoisotopic (exact) mass is 295 g/mol. The van der Waals surface area contributed by atoms with Crippen molar-refractivity contribution in [3.63, 3.8) is 0 Å². The van der Waals surface area contributed by atoms with Crippen molar-refractivity contribution < 1.29 is 9.72 Å². The molecule has 0 bridgehead atoms. The molecule has 1 amide bonds. The van der Waals surface area contributed by atoms with Crippen LogP contribution in [0.15, 0.2) is 18.2 Å². The second-order valence-electron chi connectivity index (χ2n) is 4.64. The lowest BCUT2D eigenvalue weighted by molar-refractivity contribution is -0.384. The molecule has 0 aliphatic carbocycles. The summed E-state index contributed by atoms with van der Waals surface area (Å²) in [6, 6.07) is 4.77. The highest BCUT2D eigenvalue weighted by Gasteiger charge is 2.28. The zero-order chi connectivity index (χ0) is 14.7. The second-order valence-corrected chi connectivity index (χ2v) is 5.79. The van der Waals surface area contributed by atoms with Crippen LogP contribution in [0.2, 0.25) is 0 Å². The van der Waals surface area contributed by atoms with Gasteiger partial charge in [0.1, 0.15) is 5.69 Å². The Morgan fingerprint density at radius 2 is 2.30 bits per heavy atom. The SMILES string of the molecule is CNc1c(C(=O)N(C)C2CCSC2)cccc1[N+](=O)[O-]. The maximum Gasteiger partial charge on any atom is 0.293 e. The number of hydrogen-bond acceptors (Lipinski definition) is 5. The van der Waals surface area contributed by atoms with E-state index in [1.165, 1.54) is 6.07 Å². The predicted octanol–water partition coefficient (Wildman–Crippen LogP) is 2.21. The van der Waals surface area contributed by atoms with Gasteiger partial charge in [-0.3, -0.25) is 14.9 Å². The van der Waals surface area contributed by atoms with E-state index in [0.29, 0.717) is 5.56 Å². The Hall–Kier alpha value is -1.76. The van der Waals surface area contributed by atoms with Crippen LogP contribution in [0.5, 0.6) is 0 Å². The van der Waals surface area contributed by atoms with E-state index in [4.69, 9.17) is 0 Å². The molecule has 1 atom stereocenters. The molecule has 6 nitrogen and oxygen atoms in total. The number of carbonyl (C=O) groups excluding carboxylic acids is 1. The second kappa shape index (κ2) is 6.13. The average Bonchev–Trinajstić information content (AvgIpc) is 2.98. The molecule has 0 aromatic heterocycles. The summed E-state index contributed by atoms with van der Waals surface area (Å²) in [4.78, 5) is 24.8. The van der Waals surface area contributed by atoms with Crippen molar-refractivity contribution in [2.24, 2.45) is 0 Å². The third-order valence-electron chi connectivity index (χ3n) is 3.49. The van der Waals surface area contributed by atoms with Gasteiger partial charge in [-0.1, -0.05) is 6.07 Å². The van der Waals surface area contributed by atoms with Crippen LogP contribution in [0, 0.1) is 10.1 Å². The van der Waals surface area contributed by atoms with Gasteiger partial charge in [0.15, 0.2) is 0 Å². The molecule has 20 heavy (non-hydrogen) atoms. The first-order valence-corrected chi connectivity index (χ1v) is 7.51. The van der Waals surface area contributed by atoms with E-state index < -0.39 is 4.92 Å². The molecule has 108 valence electrons. The van der Waals surface area contributed by atoms with E-state index in [0.717, 1.165) is 17.9 Å². The molecule has 1 aliphatic heterocycles. The number of carbonyl (C=O) groups is 1. The quantitative estimate of drug-likeness (QED) is 0.681. The first-order chi connectivity index (χ1) is 9.56. The third-order valence-corrected chi connectivity index (χ3v) is 4.64. The van der Waals surface area contributed by atoms with Gasteiger partial charge < -0.3 is 10.2 Å². The minimum absolute atomic E-state index is 0.0763. The normalized spacial score (nSPS) is 17.8. The maximum atomic E-state index is 12.5. The summed E-state index contributed by atoms with van der Waals surface area (Å²) in [6.07, 6.45) is 0.969. The highest BCUT2D eigenvalue weighted by atomic mass is 32.2. The van der Waals surface area contributed by atoms with Crippen molar-refractivity contribution in [2.75, 3.05) is 30.9 Å². The number of nitro benzene ring substituents is 1. The van der Waals surface area contributed by atoms with Gasteiger partial charge in [0.2, 0.25) is 0 Å². The summed E-state index contributed by atoms with van der Waals surface area (Å²) in [5.41, 5.74) is 0.550. The Kier molecular flexibility index (Phi) is 4.49. The van der Waals surface area contributed by atoms with Crippen molar-refractivity contribution in [1.29, 1.82) is 0 Å². The van der Waals surface area contributed by atoms with Gasteiger partial charge in [-0.15, -0.1) is 0 Å². The highest BCUT2D eigenvalue weighted by Crippen LogP contribution is 2.30. The van der Waals surface area contributed by atoms with Gasteiger partial charge in [-0.2, -0.15) is 11.8 Å². The number of nitrogens with one attached hydrogen (secondary N) is 1. The van der Waals surface area contributed by atoms with Crippen LogP contribution in [0.4, 0.5) is 11.4 Å². The number of amides is 1. The number of anilines is 1. The molecule has 1 aromatic rings. The van der Waals surface area contributed by atoms with Crippen LogP contribution in [0.25, 0.3) is 0 Å². The van der Waals surface area contributed by atoms with E-state index in [9.17, 15) is 14.9 Å². The molecule has 0 saturated carbocycles. The number of hydrogen-bond donors (Lipinski definition) is 1. The highest BCUT2D eigenvalue weighted by molar-refractivity contribution is 7.99. The van der Waals surface area contributed by atoms with Crippen LogP contribution in [-0.2, 0) is 0 Å². The first-order valence-electron chi connectivity index (χ1n) is 6.36. The predicted molar refractivity (Wildman–Crippen MR) is 80.5 cm³/mol. The summed E-state index contributed by atoms with van der Waals surface area (Å²) >= 11 is 1.82. The molecular formula is C13H17N3O3S. The molecule has 1 heterocycles. The molecule has 7 heteroatoms. The van der Waals surface area contributed by atoms with Gasteiger partial charge >= 0.3 is 0 Å². The number of nitro groups is 1. The Balaban J connectivity index is 2.33. The van der Waals surface area contributed by atoms with E-state index in [-0.39, 0.29) is 23.3 Å². The van der Waals surface area contributed by atoms with E-state index >= 15 is 0 Å². The average molecular weight is 295 g/mol. The fraction of sp³-hybridized carbons (Fsp3) is 0.462. The summed E-state index contributed by atoms with van der Waals surface area (Å²) in [7, 11) is 3.35. The molecule has 1 unspecified atom stereocenters. The minimum Gasteiger partial charge on any atom is -0.382 e. The lowest BCUT2D eigenvalue weighted by Crippen LogP contribution is -2.37. The molecule has 1 aromatic carbocycles. The van der Waals surface area contributed by atoms with E-state index in [2.05, 4.69) is 5.32 Å². The minimum atomic E-state index is -0.478. The van der Waals surface area contributed by atoms with Gasteiger partial charge in [-0.05, 0) is 18.2 Å². The first kappa shape index (κ1) is 14.6. The molecule has 1 N–H and O–H groups in total. The fourth-order valence-electron chi connectivity index (χ4n) is 2.32. The summed E-state index contributed by atoms with van der Waals surface area (Å²) < 4.78 is 0. The third kappa shape index (κ3) is 2.72. The topological polar surface area (TPSA) is 75.5 Å². The number of benzene rings is 1. The van der Waals surface area contributed by atoms with Crippen LogP contribution in [0.1, 0.15) is 16.8 Å². The number of nitrogens with zero attached hydrogens (tertiary/aromatic N) is 2. The smallest absolute Gasteiger partial charge is 0.293 e. The Labute approximate surface area is 121 Å². The number of rotatable bonds is 4. The fourth-order valence-corrected chi connectivity index (χ4v) is 3.58. The zero-order valence-electron chi connectivity index (χ0n) is 11.5. The van der Waals surface area contributed by atoms with Crippen molar-refractivity contribution in [3.05, 3.63) is 33.9 Å². The van der Waals surface area contributed by atoms with Crippen LogP contribution in [-0.4, -0.2) is 47.4 Å². The Morgan fingerprint density at radius 3 is 2.85 bits per heavy atom. The molecule has 1 aliphatic rings. The molecular weight excluding hydrogens is 278 g/mol. The number of para-hydroxylation sites is 1. The Morgan fingerprint density at radius 1 is 1.55 bits per heavy atom. The standard InChI is InChI=1S/C13H17N3O3S/c1-14-12-10(4-3-5-11(12)16(18)19)13(17)15(2)9-6-7-20-8-9/h3-5,9,14H,6-8H2,1-2H3. The van der Waals surface area contributed by atoms with Gasteiger partial charge in [0.05, 0.1) is 10.5 Å². The van der Waals surface area contributed by atoms with Crippen LogP contribution in [0.3, 0.4) is 0 Å². The van der Waals surface area contributed by atoms with Gasteiger partial charge in [0.25, 0.3) is 11.6 Å². The van der Waals surface area contributed by atoms with Gasteiger partial charge in [0, 0.05) is 32.0 Å². The zero-order valence-corrected chi connectivity index (χ0v) is 12.3.